The van der Waals surface area contributed by atoms with Crippen molar-refractivity contribution < 1.29 is 19.1 Å². The molecule has 0 bridgehead atoms. The number of ketones is 1. The molecule has 1 amide bonds. The molecule has 26 heavy (non-hydrogen) atoms. The van der Waals surface area contributed by atoms with E-state index in [-0.39, 0.29) is 23.4 Å². The number of nitrogens with zero attached hydrogens (tertiary/aromatic N) is 2. The number of ether oxygens (including phenoxy) is 2. The monoisotopic (exact) mass is 372 g/mol. The smallest absolute Gasteiger partial charge is 0.286 e. The number of hydrogen-bond acceptors (Lipinski definition) is 5. The largest absolute Gasteiger partial charge is 0.497 e. The highest BCUT2D eigenvalue weighted by Gasteiger charge is 2.39. The van der Waals surface area contributed by atoms with E-state index in [0.29, 0.717) is 4.80 Å². The van der Waals surface area contributed by atoms with Crippen molar-refractivity contribution in [1.82, 2.24) is 4.57 Å². The Kier molecular flexibility index (Phi) is 4.40. The number of carbonyl (C=O) groups is 2. The lowest BCUT2D eigenvalue weighted by atomic mass is 9.80. The van der Waals surface area contributed by atoms with Crippen LogP contribution < -0.4 is 9.54 Å². The van der Waals surface area contributed by atoms with E-state index in [1.165, 1.54) is 17.6 Å². The van der Waals surface area contributed by atoms with Gasteiger partial charge >= 0.3 is 0 Å². The number of aromatic nitrogens is 1. The van der Waals surface area contributed by atoms with Gasteiger partial charge in [-0.05, 0) is 37.5 Å². The van der Waals surface area contributed by atoms with E-state index in [9.17, 15) is 9.59 Å². The fraction of sp³-hybridized carbons (Fsp3) is 0.421. The second kappa shape index (κ2) is 6.72. The van der Waals surface area contributed by atoms with E-state index in [1.807, 2.05) is 29.8 Å². The Hall–Kier alpha value is -2.41. The van der Waals surface area contributed by atoms with Crippen LogP contribution in [0.2, 0.25) is 0 Å². The molecule has 1 fully saturated rings. The Morgan fingerprint density at radius 3 is 2.96 bits per heavy atom. The number of carbonyl (C=O) groups excluding carboxylic acids is 2. The van der Waals surface area contributed by atoms with Gasteiger partial charge in [-0.1, -0.05) is 17.8 Å². The molecule has 2 aromatic rings. The maximum absolute atomic E-state index is 12.7. The number of thiazole rings is 1. The average molecular weight is 372 g/mol. The van der Waals surface area contributed by atoms with Crippen LogP contribution in [0.5, 0.6) is 5.75 Å². The van der Waals surface area contributed by atoms with Crippen LogP contribution in [0.4, 0.5) is 0 Å². The highest BCUT2D eigenvalue weighted by Crippen LogP contribution is 2.33. The summed E-state index contributed by atoms with van der Waals surface area (Å²) in [7, 11) is 3.46. The summed E-state index contributed by atoms with van der Waals surface area (Å²) >= 11 is 1.39. The van der Waals surface area contributed by atoms with Crippen LogP contribution in [0.15, 0.2) is 35.0 Å². The molecule has 1 aliphatic carbocycles. The minimum atomic E-state index is -0.534. The molecule has 1 aromatic heterocycles. The van der Waals surface area contributed by atoms with Gasteiger partial charge in [-0.15, -0.1) is 0 Å². The van der Waals surface area contributed by atoms with Crippen LogP contribution in [-0.4, -0.2) is 29.5 Å². The van der Waals surface area contributed by atoms with Crippen LogP contribution in [0.3, 0.4) is 0 Å². The molecule has 0 N–H and O–H groups in total. The zero-order valence-electron chi connectivity index (χ0n) is 14.7. The fourth-order valence-corrected chi connectivity index (χ4v) is 4.67. The Morgan fingerprint density at radius 2 is 2.15 bits per heavy atom. The van der Waals surface area contributed by atoms with Crippen molar-refractivity contribution >= 4 is 33.2 Å². The van der Waals surface area contributed by atoms with Crippen molar-refractivity contribution in [2.24, 2.45) is 18.0 Å². The Bertz CT molecular complexity index is 985. The number of benzene rings is 1. The molecule has 1 aromatic carbocycles. The molecule has 136 valence electrons. The summed E-state index contributed by atoms with van der Waals surface area (Å²) < 4.78 is 13.7. The summed E-state index contributed by atoms with van der Waals surface area (Å²) in [4.78, 5) is 30.1. The van der Waals surface area contributed by atoms with E-state index < -0.39 is 5.91 Å². The zero-order valence-corrected chi connectivity index (χ0v) is 15.5. The first-order valence-corrected chi connectivity index (χ1v) is 9.52. The number of methoxy groups -OCH3 is 1. The molecule has 1 saturated carbocycles. The summed E-state index contributed by atoms with van der Waals surface area (Å²) in [6.45, 7) is 0. The lowest BCUT2D eigenvalue weighted by Crippen LogP contribution is -2.38. The van der Waals surface area contributed by atoms with Crippen molar-refractivity contribution in [2.45, 2.75) is 31.8 Å². The maximum Gasteiger partial charge on any atom is 0.286 e. The van der Waals surface area contributed by atoms with E-state index in [0.717, 1.165) is 41.6 Å². The third-order valence-electron chi connectivity index (χ3n) is 5.11. The Labute approximate surface area is 154 Å². The van der Waals surface area contributed by atoms with Crippen molar-refractivity contribution in [3.8, 4) is 5.75 Å². The van der Waals surface area contributed by atoms with E-state index in [2.05, 4.69) is 4.99 Å². The Balaban J connectivity index is 1.69. The summed E-state index contributed by atoms with van der Waals surface area (Å²) in [5.74, 6) is -0.115. The normalized spacial score (nSPS) is 23.4. The first-order valence-electron chi connectivity index (χ1n) is 8.71. The highest BCUT2D eigenvalue weighted by atomic mass is 32.1. The lowest BCUT2D eigenvalue weighted by Gasteiger charge is -2.33. The molecule has 6 nitrogen and oxygen atoms in total. The van der Waals surface area contributed by atoms with Gasteiger partial charge in [-0.25, -0.2) is 0 Å². The fourth-order valence-electron chi connectivity index (χ4n) is 3.62. The van der Waals surface area contributed by atoms with Crippen LogP contribution in [-0.2, 0) is 21.4 Å². The number of fused-ring (bicyclic) bond motifs is 2. The summed E-state index contributed by atoms with van der Waals surface area (Å²) in [5.41, 5.74) is 1.01. The summed E-state index contributed by atoms with van der Waals surface area (Å²) in [6, 6.07) is 5.70. The van der Waals surface area contributed by atoms with Gasteiger partial charge in [-0.3, -0.25) is 9.59 Å². The average Bonchev–Trinajstić information content (AvgIpc) is 2.97. The Morgan fingerprint density at radius 1 is 1.35 bits per heavy atom. The minimum Gasteiger partial charge on any atom is -0.497 e. The van der Waals surface area contributed by atoms with Gasteiger partial charge in [0.2, 0.25) is 0 Å². The molecule has 2 unspecified atom stereocenters. The number of Topliss-reactive ketones (excluding diaryl/α,β-unsaturated/α-hetero) is 1. The topological polar surface area (TPSA) is 69.9 Å². The minimum absolute atomic E-state index is 0.0585. The number of rotatable bonds is 2. The predicted molar refractivity (Wildman–Crippen MR) is 97.8 cm³/mol. The molecule has 1 aliphatic heterocycles. The third-order valence-corrected chi connectivity index (χ3v) is 6.20. The van der Waals surface area contributed by atoms with Crippen molar-refractivity contribution in [3.05, 3.63) is 34.8 Å². The van der Waals surface area contributed by atoms with Gasteiger partial charge in [0.05, 0.1) is 29.5 Å². The highest BCUT2D eigenvalue weighted by molar-refractivity contribution is 7.16. The van der Waals surface area contributed by atoms with Gasteiger partial charge in [0.25, 0.3) is 5.91 Å². The van der Waals surface area contributed by atoms with Crippen LogP contribution in [0.25, 0.3) is 10.2 Å². The molecule has 2 heterocycles. The van der Waals surface area contributed by atoms with Crippen LogP contribution in [0, 0.1) is 5.92 Å². The van der Waals surface area contributed by atoms with E-state index in [1.54, 1.807) is 7.11 Å². The van der Waals surface area contributed by atoms with E-state index >= 15 is 0 Å². The molecule has 7 heteroatoms. The van der Waals surface area contributed by atoms with Gasteiger partial charge in [0.1, 0.15) is 17.4 Å². The number of hydrogen-bond donors (Lipinski definition) is 0. The molecule has 4 rings (SSSR count). The second-order valence-electron chi connectivity index (χ2n) is 6.66. The second-order valence-corrected chi connectivity index (χ2v) is 7.66. The molecule has 0 spiro atoms. The summed E-state index contributed by atoms with van der Waals surface area (Å²) in [5, 5.41) is 0. The third kappa shape index (κ3) is 2.86. The number of amides is 1. The van der Waals surface area contributed by atoms with Crippen molar-refractivity contribution in [1.29, 1.82) is 0 Å². The molecule has 2 atom stereocenters. The number of aryl methyl sites for hydroxylation is 1. The van der Waals surface area contributed by atoms with Crippen molar-refractivity contribution in [3.63, 3.8) is 0 Å². The first kappa shape index (κ1) is 17.0. The van der Waals surface area contributed by atoms with Gasteiger partial charge in [0.15, 0.2) is 10.6 Å². The lowest BCUT2D eigenvalue weighted by molar-refractivity contribution is -0.130. The van der Waals surface area contributed by atoms with Gasteiger partial charge in [-0.2, -0.15) is 4.99 Å². The SMILES string of the molecule is COc1ccc2c(c1)sc(=NC(=O)C1=COC3CCCCC3C1=O)n2C. The van der Waals surface area contributed by atoms with E-state index in [4.69, 9.17) is 9.47 Å². The molecular formula is C19H20N2O4S. The molecular weight excluding hydrogens is 352 g/mol. The quantitative estimate of drug-likeness (QED) is 0.760. The zero-order chi connectivity index (χ0) is 18.3. The van der Waals surface area contributed by atoms with Gasteiger partial charge < -0.3 is 14.0 Å². The standard InChI is InChI=1S/C19H20N2O4S/c1-21-14-8-7-11(24-2)9-16(14)26-19(21)20-18(23)13-10-25-15-6-4-3-5-12(15)17(13)22/h7-10,12,15H,3-6H2,1-2H3. The summed E-state index contributed by atoms with van der Waals surface area (Å²) in [6.07, 6.45) is 4.96. The first-order chi connectivity index (χ1) is 12.6. The van der Waals surface area contributed by atoms with Crippen molar-refractivity contribution in [2.75, 3.05) is 7.11 Å². The predicted octanol–water partition coefficient (Wildman–Crippen LogP) is 2.72. The van der Waals surface area contributed by atoms with Gasteiger partial charge in [0, 0.05) is 7.05 Å². The molecule has 0 saturated heterocycles. The van der Waals surface area contributed by atoms with Crippen LogP contribution in [0.1, 0.15) is 25.7 Å². The molecule has 0 radical (unpaired) electrons. The maximum atomic E-state index is 12.7. The van der Waals surface area contributed by atoms with Crippen LogP contribution >= 0.6 is 11.3 Å². The molecule has 2 aliphatic rings.